The minimum absolute atomic E-state index is 0.00742. The van der Waals surface area contributed by atoms with Crippen molar-refractivity contribution in [2.24, 2.45) is 5.73 Å². The molecule has 0 radical (unpaired) electrons. The summed E-state index contributed by atoms with van der Waals surface area (Å²) in [5.41, 5.74) is 12.9. The number of benzene rings is 1. The van der Waals surface area contributed by atoms with Crippen molar-refractivity contribution in [1.29, 1.82) is 0 Å². The molecule has 232 valence electrons. The highest BCUT2D eigenvalue weighted by atomic mass is 16.6. The van der Waals surface area contributed by atoms with Crippen LogP contribution in [0.4, 0.5) is 11.6 Å². The van der Waals surface area contributed by atoms with Crippen LogP contribution in [0.25, 0.3) is 11.2 Å². The van der Waals surface area contributed by atoms with E-state index in [0.29, 0.717) is 23.0 Å². The van der Waals surface area contributed by atoms with Crippen LogP contribution in [0.5, 0.6) is 0 Å². The van der Waals surface area contributed by atoms with Crippen LogP contribution in [-0.4, -0.2) is 122 Å². The quantitative estimate of drug-likeness (QED) is 0.0524. The fourth-order valence-corrected chi connectivity index (χ4v) is 7.14. The molecule has 2 fully saturated rings. The van der Waals surface area contributed by atoms with Crippen molar-refractivity contribution in [2.45, 2.75) is 49.0 Å². The molecule has 0 unspecified atom stereocenters. The number of hydrogen-bond acceptors (Lipinski definition) is 11. The van der Waals surface area contributed by atoms with Gasteiger partial charge in [-0.3, -0.25) is 14.6 Å². The first-order valence-corrected chi connectivity index (χ1v) is 16.8. The molecule has 47 heavy (non-hydrogen) atoms. The SMILES string of the molecule is NC(=O)CC[C@H](NCCC[C@]12BBBBBBB[C@@H](BB1)B2)C(=O)OC(=O)c1ccc(NCc2cnc3nc(N)[nH]c(=O)c3n2)cc1. The lowest BCUT2D eigenvalue weighted by Gasteiger charge is -2.30. The van der Waals surface area contributed by atoms with Crippen molar-refractivity contribution in [1.82, 2.24) is 25.3 Å². The summed E-state index contributed by atoms with van der Waals surface area (Å²) in [6.45, 7) is 0.851. The van der Waals surface area contributed by atoms with Crippen LogP contribution >= 0.6 is 0 Å². The molecule has 2 bridgehead atoms. The molecule has 7 N–H and O–H groups in total. The lowest BCUT2D eigenvalue weighted by Crippen LogP contribution is -2.42. The van der Waals surface area contributed by atoms with E-state index >= 15 is 0 Å². The Bertz CT molecular complexity index is 1640. The summed E-state index contributed by atoms with van der Waals surface area (Å²) in [7, 11) is 13.2. The number of rotatable bonds is 13. The molecule has 3 aromatic rings. The van der Waals surface area contributed by atoms with Crippen LogP contribution in [0.15, 0.2) is 35.3 Å². The first kappa shape index (κ1) is 34.6. The standard InChI is InChI=1S/C24H36B10N8O5/c35-16(43)7-6-15(37-9-1-8-24-25-22(26-28-24)27-30-32-34-33-31-29-24)21(46)47-20(45)12-2-4-13(5-3-12)38-10-14-11-39-18-17(40-14)19(44)42-23(36)41-18/h2-5,11,15,22,25-34,37-38H,1,6-10H2,(H2,35,43)(H3,36,39,41,42,44)/t15-,22+,24+/m0/s1. The molecule has 4 heterocycles. The summed E-state index contributed by atoms with van der Waals surface area (Å²) in [6, 6.07) is 5.60. The molecule has 2 aliphatic heterocycles. The molecule has 23 heteroatoms. The largest absolute Gasteiger partial charge is 0.388 e. The van der Waals surface area contributed by atoms with Crippen LogP contribution < -0.4 is 27.7 Å². The molecule has 3 atom stereocenters. The van der Waals surface area contributed by atoms with Crippen molar-refractivity contribution in [3.63, 3.8) is 0 Å². The average Bonchev–Trinajstić information content (AvgIpc) is 3.44. The molecule has 2 aliphatic rings. The van der Waals surface area contributed by atoms with Gasteiger partial charge in [0.1, 0.15) is 6.04 Å². The Morgan fingerprint density at radius 3 is 2.64 bits per heavy atom. The van der Waals surface area contributed by atoms with Gasteiger partial charge in [0.05, 0.1) is 60.0 Å². The molecule has 0 aliphatic carbocycles. The Hall–Kier alpha value is -3.74. The zero-order valence-electron chi connectivity index (χ0n) is 26.9. The second-order valence-electron chi connectivity index (χ2n) is 13.2. The van der Waals surface area contributed by atoms with Gasteiger partial charge < -0.3 is 26.8 Å². The number of hydrogen-bond donors (Lipinski definition) is 5. The highest BCUT2D eigenvalue weighted by molar-refractivity contribution is 7.64. The van der Waals surface area contributed by atoms with Gasteiger partial charge in [0.25, 0.3) is 5.56 Å². The molecule has 2 saturated heterocycles. The number of carbonyl (C=O) groups is 3. The number of H-pyrrole nitrogens is 1. The molecule has 0 saturated carbocycles. The van der Waals surface area contributed by atoms with E-state index in [-0.39, 0.29) is 42.1 Å². The molecule has 1 aromatic carbocycles. The number of fused-ring (bicyclic) bond motifs is 3. The highest BCUT2D eigenvalue weighted by Gasteiger charge is 2.40. The smallest absolute Gasteiger partial charge is 0.345 e. The van der Waals surface area contributed by atoms with Gasteiger partial charge in [0, 0.05) is 47.4 Å². The van der Waals surface area contributed by atoms with Crippen molar-refractivity contribution in [3.05, 3.63) is 52.1 Å². The van der Waals surface area contributed by atoms with Gasteiger partial charge in [-0.05, 0) is 43.7 Å². The first-order chi connectivity index (χ1) is 22.7. The van der Waals surface area contributed by atoms with E-state index in [2.05, 4.69) is 30.6 Å². The van der Waals surface area contributed by atoms with Gasteiger partial charge >= 0.3 is 11.9 Å². The number of nitrogens with two attached hydrogens (primary N) is 2. The predicted octanol–water partition coefficient (Wildman–Crippen LogP) is -5.83. The van der Waals surface area contributed by atoms with Gasteiger partial charge in [-0.1, -0.05) is 6.42 Å². The zero-order chi connectivity index (χ0) is 33.2. The zero-order valence-corrected chi connectivity index (χ0v) is 26.9. The summed E-state index contributed by atoms with van der Waals surface area (Å²) in [6.07, 6.45) is 3.69. The molecule has 0 spiro atoms. The monoisotopic (exact) mass is 626 g/mol. The van der Waals surface area contributed by atoms with E-state index in [1.54, 1.807) is 24.3 Å². The Balaban J connectivity index is 1.11. The Morgan fingerprint density at radius 2 is 1.83 bits per heavy atom. The van der Waals surface area contributed by atoms with Crippen molar-refractivity contribution in [3.8, 4) is 0 Å². The van der Waals surface area contributed by atoms with Crippen LogP contribution in [0.1, 0.15) is 41.7 Å². The second-order valence-corrected chi connectivity index (χ2v) is 13.2. The summed E-state index contributed by atoms with van der Waals surface area (Å²) in [5.74, 6) is -2.06. The van der Waals surface area contributed by atoms with Crippen LogP contribution in [0, 0.1) is 0 Å². The number of carbonyl (C=O) groups excluding carboxylic acids is 3. The highest BCUT2D eigenvalue weighted by Crippen LogP contribution is 2.36. The predicted molar refractivity (Wildman–Crippen MR) is 204 cm³/mol. The topological polar surface area (TPSA) is 208 Å². The number of nitrogen functional groups attached to an aromatic ring is 1. The maximum absolute atomic E-state index is 13.1. The normalized spacial score (nSPS) is 18.7. The number of nitrogens with zero attached hydrogens (tertiary/aromatic N) is 3. The second kappa shape index (κ2) is 16.4. The number of primary amides is 1. The van der Waals surface area contributed by atoms with Crippen LogP contribution in [-0.2, 0) is 20.9 Å². The third-order valence-electron chi connectivity index (χ3n) is 9.64. The van der Waals surface area contributed by atoms with E-state index in [9.17, 15) is 19.2 Å². The molecule has 13 nitrogen and oxygen atoms in total. The maximum atomic E-state index is 13.1. The van der Waals surface area contributed by atoms with Crippen molar-refractivity contribution in [2.75, 3.05) is 17.6 Å². The van der Waals surface area contributed by atoms with Gasteiger partial charge in [0.2, 0.25) is 11.9 Å². The number of aromatic nitrogens is 4. The fourth-order valence-electron chi connectivity index (χ4n) is 7.14. The lowest BCUT2D eigenvalue weighted by molar-refractivity contribution is -0.140. The number of amides is 1. The van der Waals surface area contributed by atoms with E-state index < -0.39 is 29.4 Å². The minimum Gasteiger partial charge on any atom is -0.388 e. The number of ether oxygens (including phenoxy) is 1. The van der Waals surface area contributed by atoms with Crippen LogP contribution in [0.2, 0.25) is 10.7 Å². The number of aromatic amines is 1. The molecule has 1 amide bonds. The molecule has 5 rings (SSSR count). The van der Waals surface area contributed by atoms with E-state index in [4.69, 9.17) is 16.2 Å². The van der Waals surface area contributed by atoms with Gasteiger partial charge in [0.15, 0.2) is 11.2 Å². The summed E-state index contributed by atoms with van der Waals surface area (Å²) >= 11 is 0. The lowest BCUT2D eigenvalue weighted by atomic mass is 8.89. The average molecular weight is 625 g/mol. The third kappa shape index (κ3) is 9.88. The van der Waals surface area contributed by atoms with Crippen molar-refractivity contribution >= 4 is 112 Å². The van der Waals surface area contributed by atoms with Crippen LogP contribution in [0.3, 0.4) is 0 Å². The third-order valence-corrected chi connectivity index (χ3v) is 9.64. The van der Waals surface area contributed by atoms with Crippen molar-refractivity contribution < 1.29 is 19.1 Å². The number of anilines is 2. The fraction of sp³-hybridized carbons (Fsp3) is 0.375. The first-order valence-electron chi connectivity index (χ1n) is 16.8. The Morgan fingerprint density at radius 1 is 1.04 bits per heavy atom. The minimum atomic E-state index is -0.813. The molecule has 2 aromatic heterocycles. The number of esters is 2. The summed E-state index contributed by atoms with van der Waals surface area (Å²) in [5, 5.41) is 6.80. The van der Waals surface area contributed by atoms with Gasteiger partial charge in [-0.15, -0.1) is 10.7 Å². The summed E-state index contributed by atoms with van der Waals surface area (Å²) in [4.78, 5) is 64.3. The van der Waals surface area contributed by atoms with Gasteiger partial charge in [-0.25, -0.2) is 19.6 Å². The Labute approximate surface area is 280 Å². The maximum Gasteiger partial charge on any atom is 0.345 e. The van der Waals surface area contributed by atoms with E-state index in [0.717, 1.165) is 18.5 Å². The van der Waals surface area contributed by atoms with E-state index in [1.165, 1.54) is 77.5 Å². The Kier molecular flexibility index (Phi) is 12.1. The van der Waals surface area contributed by atoms with Gasteiger partial charge in [-0.2, -0.15) is 4.98 Å². The van der Waals surface area contributed by atoms with E-state index in [1.807, 2.05) is 0 Å². The number of nitrogens with one attached hydrogen (secondary N) is 3. The molecular formula is C24H36B10N8O5. The molecular weight excluding hydrogens is 588 g/mol. The summed E-state index contributed by atoms with van der Waals surface area (Å²) < 4.78 is 5.23.